The van der Waals surface area contributed by atoms with Crippen LogP contribution >= 0.6 is 0 Å². The second kappa shape index (κ2) is 14.0. The Hall–Kier alpha value is -7.16. The third-order valence-electron chi connectivity index (χ3n) is 11.4. The van der Waals surface area contributed by atoms with Gasteiger partial charge in [-0.15, -0.1) is 41.1 Å². The molecule has 59 heavy (non-hydrogen) atoms. The van der Waals surface area contributed by atoms with E-state index in [1.54, 1.807) is 0 Å². The number of H-pyrrole nitrogens is 2. The monoisotopic (exact) mass is 843 g/mol. The molecular formula is C54H33N4Pd-. The van der Waals surface area contributed by atoms with Gasteiger partial charge in [0.2, 0.25) is 0 Å². The molecule has 8 aromatic carbocycles. The van der Waals surface area contributed by atoms with Crippen LogP contribution in [0.4, 0.5) is 0 Å². The van der Waals surface area contributed by atoms with E-state index in [9.17, 15) is 0 Å². The van der Waals surface area contributed by atoms with Gasteiger partial charge in [0.25, 0.3) is 0 Å². The van der Waals surface area contributed by atoms with E-state index in [1.807, 2.05) is 48.6 Å². The van der Waals surface area contributed by atoms with Gasteiger partial charge in [0.15, 0.2) is 0 Å². The van der Waals surface area contributed by atoms with Crippen molar-refractivity contribution in [2.45, 2.75) is 0 Å². The summed E-state index contributed by atoms with van der Waals surface area (Å²) in [5, 5.41) is 17.9. The molecule has 0 radical (unpaired) electrons. The molecule has 2 aliphatic rings. The van der Waals surface area contributed by atoms with Crippen molar-refractivity contribution in [3.05, 3.63) is 193 Å². The fraction of sp³-hybridized carbons (Fsp3) is 0. The molecule has 3 aromatic heterocycles. The first-order valence-electron chi connectivity index (χ1n) is 19.6. The molecule has 0 amide bonds. The molecule has 13 rings (SSSR count). The molecule has 5 heteroatoms. The molecule has 0 saturated heterocycles. The largest absolute Gasteiger partial charge is 0.355 e. The molecule has 2 N–H and O–H groups in total. The summed E-state index contributed by atoms with van der Waals surface area (Å²) in [6, 6.07) is 62.4. The fourth-order valence-electron chi connectivity index (χ4n) is 8.56. The van der Waals surface area contributed by atoms with Crippen molar-refractivity contribution < 1.29 is 20.4 Å². The maximum atomic E-state index is 4.62. The zero-order valence-corrected chi connectivity index (χ0v) is 33.2. The number of benzene rings is 8. The molecule has 5 heterocycles. The van der Waals surface area contributed by atoms with E-state index in [1.165, 1.54) is 75.4 Å². The van der Waals surface area contributed by atoms with Crippen molar-refractivity contribution >= 4 is 122 Å². The summed E-state index contributed by atoms with van der Waals surface area (Å²) < 4.78 is 0. The molecule has 0 unspecified atom stereocenters. The molecule has 0 fully saturated rings. The van der Waals surface area contributed by atoms with Crippen molar-refractivity contribution in [2.24, 2.45) is 0 Å². The van der Waals surface area contributed by atoms with Crippen LogP contribution in [0.15, 0.2) is 164 Å². The third-order valence-corrected chi connectivity index (χ3v) is 11.4. The van der Waals surface area contributed by atoms with Crippen LogP contribution in [-0.2, 0) is 20.4 Å². The molecule has 0 saturated carbocycles. The number of nitrogens with zero attached hydrogens (tertiary/aromatic N) is 2. The molecule has 0 spiro atoms. The molecule has 0 aliphatic carbocycles. The van der Waals surface area contributed by atoms with Gasteiger partial charge in [-0.05, 0) is 175 Å². The van der Waals surface area contributed by atoms with E-state index in [4.69, 9.17) is 0 Å². The predicted molar refractivity (Wildman–Crippen MR) is 247 cm³/mol. The first-order chi connectivity index (χ1) is 28.6. The van der Waals surface area contributed by atoms with Crippen LogP contribution in [0.1, 0.15) is 22.8 Å². The van der Waals surface area contributed by atoms with E-state index in [0.29, 0.717) is 0 Å². The number of aromatic amines is 2. The second-order valence-electron chi connectivity index (χ2n) is 15.3. The number of nitrogens with one attached hydrogen (secondary N) is 2. The summed E-state index contributed by atoms with van der Waals surface area (Å²) in [5.74, 6) is 0. The van der Waals surface area contributed by atoms with Gasteiger partial charge in [0.05, 0.1) is 22.8 Å². The van der Waals surface area contributed by atoms with Crippen LogP contribution in [0.5, 0.6) is 0 Å². The zero-order chi connectivity index (χ0) is 38.2. The summed E-state index contributed by atoms with van der Waals surface area (Å²) in [6.45, 7) is 0. The minimum Gasteiger partial charge on any atom is -0.355 e. The van der Waals surface area contributed by atoms with Crippen LogP contribution in [0.3, 0.4) is 0 Å². The van der Waals surface area contributed by atoms with Crippen LogP contribution in [0.25, 0.3) is 122 Å². The van der Waals surface area contributed by atoms with Crippen LogP contribution < -0.4 is 0 Å². The van der Waals surface area contributed by atoms with Crippen LogP contribution in [0, 0.1) is 6.07 Å². The molecule has 4 nitrogen and oxygen atoms in total. The zero-order valence-electron chi connectivity index (χ0n) is 31.6. The van der Waals surface area contributed by atoms with Crippen LogP contribution in [0.2, 0.25) is 0 Å². The average molecular weight is 844 g/mol. The second-order valence-corrected chi connectivity index (χ2v) is 15.3. The standard InChI is InChI=1S/C34H19.C20H14N4.Pd/c1-2-7-23-13-29-18-32-20-34-26(16-30(32)17-28(29)12-22(23)6-1)10-9-25-15-27-11-21-5-3-4-8-24(21)14-31(27)19-33(25)34;1-2-14-10-16-5-6-18(23-16)12-20-8-7-19(24-20)11-17-4-3-15(22-17)9-13(1)21-14;/h1-7,9-20H;1-12,21-22H;/q-1;;. The van der Waals surface area contributed by atoms with Gasteiger partial charge in [-0.2, -0.15) is 0 Å². The van der Waals surface area contributed by atoms with E-state index in [0.717, 1.165) is 44.8 Å². The Balaban J connectivity index is 0.000000140. The Bertz CT molecular complexity index is 3640. The molecule has 11 aromatic rings. The van der Waals surface area contributed by atoms with Gasteiger partial charge in [-0.25, -0.2) is 9.97 Å². The Morgan fingerprint density at radius 1 is 0.322 bits per heavy atom. The smallest absolute Gasteiger partial charge is 0.0659 e. The summed E-state index contributed by atoms with van der Waals surface area (Å²) >= 11 is 0. The third kappa shape index (κ3) is 6.57. The molecule has 280 valence electrons. The first kappa shape index (κ1) is 35.0. The number of hydrogen-bond donors (Lipinski definition) is 2. The van der Waals surface area contributed by atoms with Crippen LogP contribution in [-0.4, -0.2) is 19.9 Å². The van der Waals surface area contributed by atoms with Crippen molar-refractivity contribution in [1.82, 2.24) is 19.9 Å². The molecule has 8 bridgehead atoms. The summed E-state index contributed by atoms with van der Waals surface area (Å²) in [6.07, 6.45) is 8.05. The van der Waals surface area contributed by atoms with Crippen molar-refractivity contribution in [1.29, 1.82) is 0 Å². The minimum absolute atomic E-state index is 0. The molecule has 2 aliphatic heterocycles. The normalized spacial score (nSPS) is 12.1. The first-order valence-corrected chi connectivity index (χ1v) is 19.6. The number of aromatic nitrogens is 4. The van der Waals surface area contributed by atoms with Gasteiger partial charge < -0.3 is 9.97 Å². The van der Waals surface area contributed by atoms with Crippen molar-refractivity contribution in [2.75, 3.05) is 0 Å². The maximum Gasteiger partial charge on any atom is 0.0659 e. The SMILES string of the molecule is C1=Cc2cc3ccc(cc4ccc(cc5nc(cc1n2)C=C5)[nH]4)[nH]3.[Pd].[c-]1cccc2cc3cc4ccc5cc6cc7cc8ccccc8cc7cc6cc5c4cc3cc12. The minimum atomic E-state index is 0. The number of hydrogen-bond acceptors (Lipinski definition) is 2. The Kier molecular flexibility index (Phi) is 8.34. The van der Waals surface area contributed by atoms with Crippen molar-refractivity contribution in [3.8, 4) is 0 Å². The van der Waals surface area contributed by atoms with Gasteiger partial charge in [0.1, 0.15) is 0 Å². The maximum absolute atomic E-state index is 4.62. The van der Waals surface area contributed by atoms with Gasteiger partial charge in [-0.1, -0.05) is 53.9 Å². The predicted octanol–water partition coefficient (Wildman–Crippen LogP) is 14.2. The summed E-state index contributed by atoms with van der Waals surface area (Å²) in [4.78, 5) is 16.0. The Labute approximate surface area is 352 Å². The van der Waals surface area contributed by atoms with Gasteiger partial charge in [-0.3, -0.25) is 0 Å². The molecule has 0 atom stereocenters. The Morgan fingerprint density at radius 2 is 0.729 bits per heavy atom. The Morgan fingerprint density at radius 3 is 1.27 bits per heavy atom. The number of fused-ring (bicyclic) bond motifs is 16. The van der Waals surface area contributed by atoms with E-state index in [2.05, 4.69) is 166 Å². The van der Waals surface area contributed by atoms with E-state index >= 15 is 0 Å². The molecular weight excluding hydrogens is 811 g/mol. The summed E-state index contributed by atoms with van der Waals surface area (Å²) in [7, 11) is 0. The average Bonchev–Trinajstić information content (AvgIpc) is 4.08. The number of rotatable bonds is 0. The van der Waals surface area contributed by atoms with Gasteiger partial charge >= 0.3 is 0 Å². The van der Waals surface area contributed by atoms with E-state index in [-0.39, 0.29) is 20.4 Å². The summed E-state index contributed by atoms with van der Waals surface area (Å²) in [5.41, 5.74) is 7.86. The topological polar surface area (TPSA) is 57.4 Å². The van der Waals surface area contributed by atoms with E-state index < -0.39 is 0 Å². The fourth-order valence-corrected chi connectivity index (χ4v) is 8.56. The quantitative estimate of drug-likeness (QED) is 0.0691. The van der Waals surface area contributed by atoms with Gasteiger partial charge in [0, 0.05) is 42.5 Å². The van der Waals surface area contributed by atoms with Crippen molar-refractivity contribution in [3.63, 3.8) is 0 Å².